The highest BCUT2D eigenvalue weighted by Gasteiger charge is 2.09. The van der Waals surface area contributed by atoms with Crippen LogP contribution in [0, 0.1) is 5.92 Å². The summed E-state index contributed by atoms with van der Waals surface area (Å²) in [5.41, 5.74) is 0. The number of alkyl halides is 1. The Labute approximate surface area is 87.6 Å². The van der Waals surface area contributed by atoms with Gasteiger partial charge in [-0.2, -0.15) is 0 Å². The van der Waals surface area contributed by atoms with E-state index in [2.05, 4.69) is 38.2 Å². The molecule has 0 aliphatic carbocycles. The second-order valence-corrected chi connectivity index (χ2v) is 4.42. The van der Waals surface area contributed by atoms with Gasteiger partial charge in [0.05, 0.1) is 0 Å². The molecule has 1 N–H and O–H groups in total. The maximum Gasteiger partial charge on any atom is 0.0379 e. The fourth-order valence-corrected chi connectivity index (χ4v) is 1.62. The summed E-state index contributed by atoms with van der Waals surface area (Å²) in [5.74, 6) is 1.33. The van der Waals surface area contributed by atoms with Crippen LogP contribution in [0.5, 0.6) is 0 Å². The molecule has 0 saturated heterocycles. The van der Waals surface area contributed by atoms with E-state index < -0.39 is 0 Å². The number of nitrogens with one attached hydrogen (secondary N) is 1. The predicted octanol–water partition coefficient (Wildman–Crippen LogP) is 1.79. The highest BCUT2D eigenvalue weighted by molar-refractivity contribution is 6.18. The molecule has 0 aromatic rings. The zero-order valence-corrected chi connectivity index (χ0v) is 10.1. The van der Waals surface area contributed by atoms with Crippen LogP contribution in [0.25, 0.3) is 0 Å². The van der Waals surface area contributed by atoms with Crippen LogP contribution in [0.3, 0.4) is 0 Å². The van der Waals surface area contributed by atoms with Crippen molar-refractivity contribution in [2.24, 2.45) is 5.92 Å². The molecule has 0 aromatic heterocycles. The fourth-order valence-electron chi connectivity index (χ4n) is 1.15. The lowest BCUT2D eigenvalue weighted by molar-refractivity contribution is 0.372. The molecular formula is C10H23ClN2. The van der Waals surface area contributed by atoms with Crippen molar-refractivity contribution in [1.82, 2.24) is 10.2 Å². The van der Waals surface area contributed by atoms with Gasteiger partial charge in [0.1, 0.15) is 0 Å². The van der Waals surface area contributed by atoms with Gasteiger partial charge in [-0.1, -0.05) is 13.8 Å². The first-order valence-electron chi connectivity index (χ1n) is 5.02. The molecule has 1 unspecified atom stereocenters. The van der Waals surface area contributed by atoms with Crippen molar-refractivity contribution in [3.8, 4) is 0 Å². The number of rotatable bonds is 7. The van der Waals surface area contributed by atoms with Gasteiger partial charge in [-0.3, -0.25) is 0 Å². The summed E-state index contributed by atoms with van der Waals surface area (Å²) in [6.07, 6.45) is 1.19. The minimum Gasteiger partial charge on any atom is -0.312 e. The Hall–Kier alpha value is 0.210. The predicted molar refractivity (Wildman–Crippen MR) is 60.5 cm³/mol. The molecule has 0 aliphatic rings. The molecule has 0 amide bonds. The van der Waals surface area contributed by atoms with Gasteiger partial charge in [0.25, 0.3) is 0 Å². The summed E-state index contributed by atoms with van der Waals surface area (Å²) in [6, 6.07) is 0.462. The molecule has 0 fully saturated rings. The number of hydrogen-bond acceptors (Lipinski definition) is 2. The van der Waals surface area contributed by atoms with Crippen molar-refractivity contribution in [3.05, 3.63) is 0 Å². The van der Waals surface area contributed by atoms with Crippen molar-refractivity contribution in [1.29, 1.82) is 0 Å². The molecule has 0 spiro atoms. The van der Waals surface area contributed by atoms with Gasteiger partial charge >= 0.3 is 0 Å². The Morgan fingerprint density at radius 2 is 1.92 bits per heavy atom. The number of hydrogen-bond donors (Lipinski definition) is 1. The van der Waals surface area contributed by atoms with Gasteiger partial charge in [0.15, 0.2) is 0 Å². The van der Waals surface area contributed by atoms with E-state index in [1.54, 1.807) is 0 Å². The van der Waals surface area contributed by atoms with Crippen LogP contribution in [-0.4, -0.2) is 44.0 Å². The van der Waals surface area contributed by atoms with E-state index in [-0.39, 0.29) is 0 Å². The van der Waals surface area contributed by atoms with Gasteiger partial charge in [-0.15, -0.1) is 11.6 Å². The Bertz CT molecular complexity index is 115. The summed E-state index contributed by atoms with van der Waals surface area (Å²) < 4.78 is 0. The van der Waals surface area contributed by atoms with Gasteiger partial charge < -0.3 is 10.2 Å². The van der Waals surface area contributed by atoms with Gasteiger partial charge in [0.2, 0.25) is 0 Å². The Morgan fingerprint density at radius 1 is 1.31 bits per heavy atom. The van der Waals surface area contributed by atoms with Gasteiger partial charge in [-0.25, -0.2) is 0 Å². The smallest absolute Gasteiger partial charge is 0.0379 e. The highest BCUT2D eigenvalue weighted by atomic mass is 35.5. The first-order chi connectivity index (χ1) is 6.07. The Morgan fingerprint density at radius 3 is 2.31 bits per heavy atom. The van der Waals surface area contributed by atoms with Crippen molar-refractivity contribution >= 4 is 11.6 Å². The Balaban J connectivity index is 3.39. The molecule has 0 aromatic carbocycles. The molecule has 2 nitrogen and oxygen atoms in total. The summed E-state index contributed by atoms with van der Waals surface area (Å²) >= 11 is 5.83. The van der Waals surface area contributed by atoms with E-state index in [0.717, 1.165) is 13.1 Å². The van der Waals surface area contributed by atoms with E-state index >= 15 is 0 Å². The summed E-state index contributed by atoms with van der Waals surface area (Å²) in [6.45, 7) is 6.60. The van der Waals surface area contributed by atoms with Crippen molar-refractivity contribution in [2.75, 3.05) is 33.1 Å². The van der Waals surface area contributed by atoms with Crippen LogP contribution in [0.15, 0.2) is 0 Å². The second-order valence-electron chi connectivity index (χ2n) is 4.12. The molecule has 1 atom stereocenters. The SMILES string of the molecule is CC(C)C(CCl)NCCCN(C)C. The minimum absolute atomic E-state index is 0.462. The van der Waals surface area contributed by atoms with Gasteiger partial charge in [0, 0.05) is 11.9 Å². The summed E-state index contributed by atoms with van der Waals surface area (Å²) in [7, 11) is 4.20. The van der Waals surface area contributed by atoms with E-state index in [1.807, 2.05) is 0 Å². The molecule has 3 heteroatoms. The lowest BCUT2D eigenvalue weighted by Gasteiger charge is -2.20. The van der Waals surface area contributed by atoms with Crippen LogP contribution in [0.4, 0.5) is 0 Å². The lowest BCUT2D eigenvalue weighted by atomic mass is 10.1. The second kappa shape index (κ2) is 7.60. The molecule has 0 radical (unpaired) electrons. The van der Waals surface area contributed by atoms with E-state index in [9.17, 15) is 0 Å². The first-order valence-corrected chi connectivity index (χ1v) is 5.55. The van der Waals surface area contributed by atoms with E-state index in [1.165, 1.54) is 6.42 Å². The van der Waals surface area contributed by atoms with Crippen LogP contribution in [0.2, 0.25) is 0 Å². The maximum absolute atomic E-state index is 5.83. The van der Waals surface area contributed by atoms with Crippen molar-refractivity contribution in [3.63, 3.8) is 0 Å². The molecule has 0 saturated carbocycles. The van der Waals surface area contributed by atoms with Crippen LogP contribution in [0.1, 0.15) is 20.3 Å². The van der Waals surface area contributed by atoms with Crippen molar-refractivity contribution in [2.45, 2.75) is 26.3 Å². The standard InChI is InChI=1S/C10H23ClN2/c1-9(2)10(8-11)12-6-5-7-13(3)4/h9-10,12H,5-8H2,1-4H3. The third-order valence-corrected chi connectivity index (χ3v) is 2.49. The van der Waals surface area contributed by atoms with Crippen molar-refractivity contribution < 1.29 is 0 Å². The average molecular weight is 207 g/mol. The molecule has 0 aliphatic heterocycles. The largest absolute Gasteiger partial charge is 0.312 e. The molecule has 13 heavy (non-hydrogen) atoms. The fraction of sp³-hybridized carbons (Fsp3) is 1.00. The quantitative estimate of drug-likeness (QED) is 0.505. The third-order valence-electron chi connectivity index (χ3n) is 2.16. The first kappa shape index (κ1) is 13.2. The lowest BCUT2D eigenvalue weighted by Crippen LogP contribution is -2.36. The minimum atomic E-state index is 0.462. The van der Waals surface area contributed by atoms with E-state index in [0.29, 0.717) is 17.8 Å². The molecular weight excluding hydrogens is 184 g/mol. The van der Waals surface area contributed by atoms with Crippen LogP contribution < -0.4 is 5.32 Å². The highest BCUT2D eigenvalue weighted by Crippen LogP contribution is 2.03. The molecule has 0 rings (SSSR count). The molecule has 0 heterocycles. The summed E-state index contributed by atoms with van der Waals surface area (Å²) in [5, 5.41) is 3.47. The zero-order valence-electron chi connectivity index (χ0n) is 9.31. The molecule has 0 bridgehead atoms. The normalized spacial score (nSPS) is 14.1. The maximum atomic E-state index is 5.83. The average Bonchev–Trinajstić information content (AvgIpc) is 2.03. The monoisotopic (exact) mass is 206 g/mol. The van der Waals surface area contributed by atoms with Crippen LogP contribution >= 0.6 is 11.6 Å². The topological polar surface area (TPSA) is 15.3 Å². The van der Waals surface area contributed by atoms with Crippen LogP contribution in [-0.2, 0) is 0 Å². The number of nitrogens with zero attached hydrogens (tertiary/aromatic N) is 1. The molecule has 80 valence electrons. The van der Waals surface area contributed by atoms with E-state index in [4.69, 9.17) is 11.6 Å². The van der Waals surface area contributed by atoms with Gasteiger partial charge in [-0.05, 0) is 39.5 Å². The number of halogens is 1. The summed E-state index contributed by atoms with van der Waals surface area (Å²) in [4.78, 5) is 2.20. The Kier molecular flexibility index (Phi) is 7.72. The zero-order chi connectivity index (χ0) is 10.3. The third kappa shape index (κ3) is 7.29.